The highest BCUT2D eigenvalue weighted by Gasteiger charge is 2.28. The highest BCUT2D eigenvalue weighted by Crippen LogP contribution is 2.31. The van der Waals surface area contributed by atoms with Gasteiger partial charge in [0.15, 0.2) is 0 Å². The van der Waals surface area contributed by atoms with Gasteiger partial charge in [0.25, 0.3) is 0 Å². The van der Waals surface area contributed by atoms with E-state index in [2.05, 4.69) is 39.7 Å². The first-order valence-electron chi connectivity index (χ1n) is 7.75. The van der Waals surface area contributed by atoms with Crippen molar-refractivity contribution in [2.75, 3.05) is 0 Å². The minimum absolute atomic E-state index is 0.303. The van der Waals surface area contributed by atoms with Crippen molar-refractivity contribution in [2.24, 2.45) is 5.92 Å². The lowest BCUT2D eigenvalue weighted by atomic mass is 9.94. The molecule has 0 aliphatic carbocycles. The van der Waals surface area contributed by atoms with Crippen LogP contribution in [0.4, 0.5) is 0 Å². The lowest BCUT2D eigenvalue weighted by Gasteiger charge is -2.16. The van der Waals surface area contributed by atoms with Gasteiger partial charge in [0.2, 0.25) is 0 Å². The molecule has 19 heavy (non-hydrogen) atoms. The van der Waals surface area contributed by atoms with E-state index < -0.39 is 0 Å². The van der Waals surface area contributed by atoms with Crippen LogP contribution in [0.15, 0.2) is 30.0 Å². The van der Waals surface area contributed by atoms with E-state index in [1.165, 1.54) is 36.8 Å². The predicted octanol–water partition coefficient (Wildman–Crippen LogP) is 5.43. The summed E-state index contributed by atoms with van der Waals surface area (Å²) < 4.78 is 6.12. The molecular formula is C18H30O. The lowest BCUT2D eigenvalue weighted by Crippen LogP contribution is -2.12. The van der Waals surface area contributed by atoms with E-state index in [0.717, 1.165) is 19.3 Å². The highest BCUT2D eigenvalue weighted by molar-refractivity contribution is 5.09. The van der Waals surface area contributed by atoms with Crippen molar-refractivity contribution >= 4 is 0 Å². The van der Waals surface area contributed by atoms with Crippen LogP contribution >= 0.6 is 0 Å². The molecule has 0 aromatic carbocycles. The van der Waals surface area contributed by atoms with E-state index in [1.54, 1.807) is 0 Å². The van der Waals surface area contributed by atoms with Crippen LogP contribution in [0, 0.1) is 5.92 Å². The zero-order valence-electron chi connectivity index (χ0n) is 13.0. The van der Waals surface area contributed by atoms with E-state index in [-0.39, 0.29) is 0 Å². The molecule has 0 unspecified atom stereocenters. The molecule has 1 fully saturated rings. The second kappa shape index (κ2) is 8.40. The Morgan fingerprint density at radius 1 is 1.47 bits per heavy atom. The fourth-order valence-corrected chi connectivity index (χ4v) is 2.81. The van der Waals surface area contributed by atoms with Gasteiger partial charge >= 0.3 is 0 Å². The van der Waals surface area contributed by atoms with Gasteiger partial charge in [0.05, 0.1) is 12.2 Å². The van der Waals surface area contributed by atoms with Gasteiger partial charge < -0.3 is 4.74 Å². The van der Waals surface area contributed by atoms with E-state index in [4.69, 9.17) is 4.74 Å². The molecule has 1 nitrogen and oxygen atoms in total. The summed E-state index contributed by atoms with van der Waals surface area (Å²) in [6.45, 7) is 14.5. The molecule has 1 heteroatoms. The number of hydrogen-bond acceptors (Lipinski definition) is 1. The lowest BCUT2D eigenvalue weighted by molar-refractivity contribution is 0.0392. The summed E-state index contributed by atoms with van der Waals surface area (Å²) >= 11 is 0. The molecule has 1 aliphatic heterocycles. The normalized spacial score (nSPS) is 24.3. The van der Waals surface area contributed by atoms with Gasteiger partial charge in [0.1, 0.15) is 0 Å². The fourth-order valence-electron chi connectivity index (χ4n) is 2.81. The Morgan fingerprint density at radius 3 is 2.84 bits per heavy atom. The van der Waals surface area contributed by atoms with E-state index >= 15 is 0 Å². The molecular weight excluding hydrogens is 232 g/mol. The van der Waals surface area contributed by atoms with Crippen molar-refractivity contribution in [3.05, 3.63) is 30.0 Å². The standard InChI is InChI=1S/C18H30O/c1-6-8-9-17-13-16(5)18(19-17)11-10-15(4)12-14(3)7-2/h15,17-18H,2,5-6,8-13H2,1,3-4H3/t15-,17-,18-/m0/s1. The van der Waals surface area contributed by atoms with Crippen molar-refractivity contribution in [1.82, 2.24) is 0 Å². The second-order valence-corrected chi connectivity index (χ2v) is 6.10. The number of allylic oxidation sites excluding steroid dienone is 1. The molecule has 1 rings (SSSR count). The number of hydrogen-bond donors (Lipinski definition) is 0. The average Bonchev–Trinajstić information content (AvgIpc) is 2.74. The molecule has 3 atom stereocenters. The first-order chi connectivity index (χ1) is 9.06. The highest BCUT2D eigenvalue weighted by atomic mass is 16.5. The summed E-state index contributed by atoms with van der Waals surface area (Å²) in [5.74, 6) is 0.681. The van der Waals surface area contributed by atoms with Gasteiger partial charge in [0, 0.05) is 0 Å². The molecule has 0 aromatic rings. The fraction of sp³-hybridized carbons (Fsp3) is 0.722. The Bertz CT molecular complexity index is 336. The van der Waals surface area contributed by atoms with Crippen LogP contribution in [-0.2, 0) is 4.74 Å². The van der Waals surface area contributed by atoms with E-state index in [1.807, 2.05) is 0 Å². The van der Waals surface area contributed by atoms with Crippen LogP contribution in [0.5, 0.6) is 0 Å². The van der Waals surface area contributed by atoms with Gasteiger partial charge in [-0.05, 0) is 56.1 Å². The maximum absolute atomic E-state index is 6.12. The molecule has 0 saturated carbocycles. The Labute approximate surface area is 119 Å². The van der Waals surface area contributed by atoms with Gasteiger partial charge in [-0.3, -0.25) is 0 Å². The first kappa shape index (κ1) is 16.3. The van der Waals surface area contributed by atoms with E-state index in [9.17, 15) is 0 Å². The molecule has 0 aromatic heterocycles. The Hall–Kier alpha value is -0.780. The quantitative estimate of drug-likeness (QED) is 0.419. The molecule has 0 amide bonds. The maximum Gasteiger partial charge on any atom is 0.0787 e. The minimum Gasteiger partial charge on any atom is -0.370 e. The molecule has 0 N–H and O–H groups in total. The van der Waals surface area contributed by atoms with Crippen LogP contribution in [0.3, 0.4) is 0 Å². The zero-order chi connectivity index (χ0) is 14.3. The van der Waals surface area contributed by atoms with Crippen LogP contribution in [0.1, 0.15) is 65.7 Å². The van der Waals surface area contributed by atoms with E-state index in [0.29, 0.717) is 18.1 Å². The third kappa shape index (κ3) is 5.80. The van der Waals surface area contributed by atoms with Crippen molar-refractivity contribution in [1.29, 1.82) is 0 Å². The zero-order valence-corrected chi connectivity index (χ0v) is 13.0. The van der Waals surface area contributed by atoms with Crippen molar-refractivity contribution < 1.29 is 4.74 Å². The van der Waals surface area contributed by atoms with Crippen LogP contribution in [0.25, 0.3) is 0 Å². The summed E-state index contributed by atoms with van der Waals surface area (Å²) in [6.07, 6.45) is 8.94. The number of unbranched alkanes of at least 4 members (excludes halogenated alkanes) is 1. The van der Waals surface area contributed by atoms with Gasteiger partial charge in [-0.25, -0.2) is 0 Å². The van der Waals surface area contributed by atoms with Crippen molar-refractivity contribution in [2.45, 2.75) is 77.9 Å². The molecule has 108 valence electrons. The monoisotopic (exact) mass is 262 g/mol. The molecule has 0 radical (unpaired) electrons. The Morgan fingerprint density at radius 2 is 2.21 bits per heavy atom. The topological polar surface area (TPSA) is 9.23 Å². The molecule has 1 heterocycles. The first-order valence-corrected chi connectivity index (χ1v) is 7.75. The van der Waals surface area contributed by atoms with Crippen molar-refractivity contribution in [3.63, 3.8) is 0 Å². The smallest absolute Gasteiger partial charge is 0.0787 e. The SMILES string of the molecule is C=C=C(C)C[C@@H](C)CC[C@@H]1O[C@@H](CCCC)CC1=C. The number of rotatable bonds is 8. The second-order valence-electron chi connectivity index (χ2n) is 6.10. The van der Waals surface area contributed by atoms with Gasteiger partial charge in [-0.1, -0.05) is 39.8 Å². The van der Waals surface area contributed by atoms with Crippen LogP contribution < -0.4 is 0 Å². The summed E-state index contributed by atoms with van der Waals surface area (Å²) in [7, 11) is 0. The predicted molar refractivity (Wildman–Crippen MR) is 83.3 cm³/mol. The molecule has 1 aliphatic rings. The minimum atomic E-state index is 0.303. The third-order valence-electron chi connectivity index (χ3n) is 4.06. The summed E-state index contributed by atoms with van der Waals surface area (Å²) in [5.41, 5.74) is 5.55. The summed E-state index contributed by atoms with van der Waals surface area (Å²) in [6, 6.07) is 0. The molecule has 0 bridgehead atoms. The van der Waals surface area contributed by atoms with Crippen LogP contribution in [0.2, 0.25) is 0 Å². The third-order valence-corrected chi connectivity index (χ3v) is 4.06. The average molecular weight is 262 g/mol. The number of ether oxygens (including phenoxy) is 1. The van der Waals surface area contributed by atoms with Crippen LogP contribution in [-0.4, -0.2) is 12.2 Å². The Balaban J connectivity index is 2.29. The van der Waals surface area contributed by atoms with Crippen molar-refractivity contribution in [3.8, 4) is 0 Å². The summed E-state index contributed by atoms with van der Waals surface area (Å²) in [5, 5.41) is 0. The summed E-state index contributed by atoms with van der Waals surface area (Å²) in [4.78, 5) is 0. The maximum atomic E-state index is 6.12. The largest absolute Gasteiger partial charge is 0.370 e. The van der Waals surface area contributed by atoms with Gasteiger partial charge in [-0.2, -0.15) is 0 Å². The Kier molecular flexibility index (Phi) is 7.20. The van der Waals surface area contributed by atoms with Gasteiger partial charge in [-0.15, -0.1) is 5.73 Å². The molecule has 1 saturated heterocycles. The molecule has 0 spiro atoms.